The van der Waals surface area contributed by atoms with Gasteiger partial charge in [-0.15, -0.1) is 0 Å². The summed E-state index contributed by atoms with van der Waals surface area (Å²) >= 11 is 0. The summed E-state index contributed by atoms with van der Waals surface area (Å²) in [6.45, 7) is 11.1. The van der Waals surface area contributed by atoms with Crippen LogP contribution in [0.15, 0.2) is 30.5 Å². The predicted molar refractivity (Wildman–Crippen MR) is 92.9 cm³/mol. The Bertz CT molecular complexity index is 560. The van der Waals surface area contributed by atoms with E-state index >= 15 is 0 Å². The fourth-order valence-corrected chi connectivity index (χ4v) is 2.78. The molecule has 1 N–H and O–H groups in total. The van der Waals surface area contributed by atoms with E-state index in [0.717, 1.165) is 19.5 Å². The van der Waals surface area contributed by atoms with Gasteiger partial charge in [0.1, 0.15) is 0 Å². The molecule has 2 nitrogen and oxygen atoms in total. The normalized spacial score (nSPS) is 12.2. The van der Waals surface area contributed by atoms with Crippen molar-refractivity contribution < 1.29 is 0 Å². The van der Waals surface area contributed by atoms with Crippen molar-refractivity contribution in [2.24, 2.45) is 0 Å². The van der Waals surface area contributed by atoms with Gasteiger partial charge in [0.2, 0.25) is 0 Å². The minimum Gasteiger partial charge on any atom is -0.347 e. The van der Waals surface area contributed by atoms with Crippen LogP contribution in [-0.2, 0) is 13.0 Å². The number of fused-ring (bicyclic) bond motifs is 1. The number of hydrogen-bond acceptors (Lipinski definition) is 1. The zero-order valence-electron chi connectivity index (χ0n) is 14.1. The molecule has 1 heterocycles. The Morgan fingerprint density at radius 2 is 1.86 bits per heavy atom. The number of aryl methyl sites for hydroxylation is 2. The molecule has 0 bridgehead atoms. The monoisotopic (exact) mass is 286 g/mol. The zero-order chi connectivity index (χ0) is 15.3. The van der Waals surface area contributed by atoms with Crippen LogP contribution in [0.3, 0.4) is 0 Å². The van der Waals surface area contributed by atoms with E-state index in [1.54, 1.807) is 0 Å². The third kappa shape index (κ3) is 4.60. The molecule has 116 valence electrons. The van der Waals surface area contributed by atoms with Crippen LogP contribution in [-0.4, -0.2) is 16.7 Å². The molecule has 1 aromatic heterocycles. The van der Waals surface area contributed by atoms with E-state index in [1.165, 1.54) is 35.7 Å². The largest absolute Gasteiger partial charge is 0.347 e. The molecule has 0 saturated heterocycles. The predicted octanol–water partition coefficient (Wildman–Crippen LogP) is 4.76. The van der Waals surface area contributed by atoms with Crippen molar-refractivity contribution >= 4 is 10.9 Å². The van der Waals surface area contributed by atoms with Crippen LogP contribution in [0, 0.1) is 0 Å². The number of benzene rings is 1. The average molecular weight is 286 g/mol. The molecule has 0 radical (unpaired) electrons. The average Bonchev–Trinajstić information content (AvgIpc) is 2.79. The second-order valence-electron chi connectivity index (χ2n) is 7.00. The Kier molecular flexibility index (Phi) is 5.46. The standard InChI is InChI=1S/C19H30N2/c1-5-6-14-21-15-16(10-9-13-20-19(2,3)4)17-11-7-8-12-18(17)21/h7-8,11-12,15,20H,5-6,9-10,13-14H2,1-4H3. The summed E-state index contributed by atoms with van der Waals surface area (Å²) in [5.41, 5.74) is 3.11. The zero-order valence-corrected chi connectivity index (χ0v) is 14.1. The van der Waals surface area contributed by atoms with Gasteiger partial charge >= 0.3 is 0 Å². The van der Waals surface area contributed by atoms with Gasteiger partial charge in [0.05, 0.1) is 0 Å². The van der Waals surface area contributed by atoms with Crippen molar-refractivity contribution in [3.05, 3.63) is 36.0 Å². The van der Waals surface area contributed by atoms with Gasteiger partial charge in [-0.2, -0.15) is 0 Å². The first kappa shape index (κ1) is 16.1. The van der Waals surface area contributed by atoms with Crippen molar-refractivity contribution in [1.29, 1.82) is 0 Å². The summed E-state index contributed by atoms with van der Waals surface area (Å²) in [6, 6.07) is 8.82. The molecule has 0 aliphatic rings. The summed E-state index contributed by atoms with van der Waals surface area (Å²) in [7, 11) is 0. The minimum absolute atomic E-state index is 0.217. The fraction of sp³-hybridized carbons (Fsp3) is 0.579. The Morgan fingerprint density at radius 3 is 2.57 bits per heavy atom. The Balaban J connectivity index is 2.05. The van der Waals surface area contributed by atoms with E-state index in [9.17, 15) is 0 Å². The first-order chi connectivity index (χ1) is 10.0. The SMILES string of the molecule is CCCCn1cc(CCCNC(C)(C)C)c2ccccc21. The maximum atomic E-state index is 3.57. The van der Waals surface area contributed by atoms with Crippen molar-refractivity contribution in [2.75, 3.05) is 6.54 Å². The fourth-order valence-electron chi connectivity index (χ4n) is 2.78. The van der Waals surface area contributed by atoms with Crippen molar-refractivity contribution in [3.63, 3.8) is 0 Å². The molecule has 0 saturated carbocycles. The number of hydrogen-bond donors (Lipinski definition) is 1. The van der Waals surface area contributed by atoms with Gasteiger partial charge in [-0.1, -0.05) is 31.5 Å². The highest BCUT2D eigenvalue weighted by molar-refractivity contribution is 5.83. The maximum absolute atomic E-state index is 3.57. The molecule has 2 rings (SSSR count). The van der Waals surface area contributed by atoms with Crippen molar-refractivity contribution in [2.45, 2.75) is 65.5 Å². The molecule has 0 fully saturated rings. The number of unbranched alkanes of at least 4 members (excludes halogenated alkanes) is 1. The third-order valence-electron chi connectivity index (χ3n) is 3.90. The smallest absolute Gasteiger partial charge is 0.0483 e. The Morgan fingerprint density at radius 1 is 1.10 bits per heavy atom. The van der Waals surface area contributed by atoms with Gasteiger partial charge in [-0.05, 0) is 58.2 Å². The lowest BCUT2D eigenvalue weighted by atomic mass is 10.1. The molecule has 0 atom stereocenters. The molecule has 2 heteroatoms. The molecule has 0 aliphatic carbocycles. The van der Waals surface area contributed by atoms with Gasteiger partial charge < -0.3 is 9.88 Å². The van der Waals surface area contributed by atoms with Gasteiger partial charge in [-0.25, -0.2) is 0 Å². The highest BCUT2D eigenvalue weighted by Gasteiger charge is 2.10. The minimum atomic E-state index is 0.217. The molecule has 0 amide bonds. The van der Waals surface area contributed by atoms with Crippen molar-refractivity contribution in [3.8, 4) is 0 Å². The molecule has 0 aliphatic heterocycles. The van der Waals surface area contributed by atoms with Crippen LogP contribution in [0.5, 0.6) is 0 Å². The van der Waals surface area contributed by atoms with E-state index in [2.05, 4.69) is 68.0 Å². The quantitative estimate of drug-likeness (QED) is 0.726. The van der Waals surface area contributed by atoms with Crippen LogP contribution >= 0.6 is 0 Å². The lowest BCUT2D eigenvalue weighted by Crippen LogP contribution is -2.36. The molecule has 1 aromatic carbocycles. The van der Waals surface area contributed by atoms with Gasteiger partial charge in [0.25, 0.3) is 0 Å². The Hall–Kier alpha value is -1.28. The van der Waals surface area contributed by atoms with Gasteiger partial charge in [0, 0.05) is 29.2 Å². The van der Waals surface area contributed by atoms with Crippen LogP contribution < -0.4 is 5.32 Å². The lowest BCUT2D eigenvalue weighted by Gasteiger charge is -2.20. The van der Waals surface area contributed by atoms with Crippen LogP contribution in [0.25, 0.3) is 10.9 Å². The summed E-state index contributed by atoms with van der Waals surface area (Å²) in [5.74, 6) is 0. The van der Waals surface area contributed by atoms with E-state index in [4.69, 9.17) is 0 Å². The molecule has 0 unspecified atom stereocenters. The topological polar surface area (TPSA) is 17.0 Å². The van der Waals surface area contributed by atoms with Crippen LogP contribution in [0.1, 0.15) is 52.5 Å². The summed E-state index contributed by atoms with van der Waals surface area (Å²) < 4.78 is 2.44. The molecule has 21 heavy (non-hydrogen) atoms. The first-order valence-corrected chi connectivity index (χ1v) is 8.33. The van der Waals surface area contributed by atoms with Crippen molar-refractivity contribution in [1.82, 2.24) is 9.88 Å². The number of aromatic nitrogens is 1. The number of nitrogens with one attached hydrogen (secondary N) is 1. The van der Waals surface area contributed by atoms with Crippen LogP contribution in [0.2, 0.25) is 0 Å². The maximum Gasteiger partial charge on any atom is 0.0483 e. The van der Waals surface area contributed by atoms with Gasteiger partial charge in [0.15, 0.2) is 0 Å². The highest BCUT2D eigenvalue weighted by atomic mass is 15.0. The van der Waals surface area contributed by atoms with E-state index in [-0.39, 0.29) is 5.54 Å². The van der Waals surface area contributed by atoms with E-state index in [0.29, 0.717) is 0 Å². The first-order valence-electron chi connectivity index (χ1n) is 8.33. The molecule has 2 aromatic rings. The Labute approximate surface area is 129 Å². The number of nitrogens with zero attached hydrogens (tertiary/aromatic N) is 1. The summed E-state index contributed by atoms with van der Waals surface area (Å²) in [4.78, 5) is 0. The molecule has 0 spiro atoms. The van der Waals surface area contributed by atoms with Gasteiger partial charge in [-0.3, -0.25) is 0 Å². The second-order valence-corrected chi connectivity index (χ2v) is 7.00. The highest BCUT2D eigenvalue weighted by Crippen LogP contribution is 2.23. The van der Waals surface area contributed by atoms with E-state index < -0.39 is 0 Å². The number of para-hydroxylation sites is 1. The second kappa shape index (κ2) is 7.13. The summed E-state index contributed by atoms with van der Waals surface area (Å²) in [5, 5.41) is 5.01. The third-order valence-corrected chi connectivity index (χ3v) is 3.90. The summed E-state index contributed by atoms with van der Waals surface area (Å²) in [6.07, 6.45) is 7.22. The molecular formula is C19H30N2. The number of rotatable bonds is 7. The van der Waals surface area contributed by atoms with E-state index in [1.807, 2.05) is 0 Å². The molecular weight excluding hydrogens is 256 g/mol. The lowest BCUT2D eigenvalue weighted by molar-refractivity contribution is 0.422. The van der Waals surface area contributed by atoms with Crippen LogP contribution in [0.4, 0.5) is 0 Å².